The van der Waals surface area contributed by atoms with Gasteiger partial charge in [-0.1, -0.05) is 18.2 Å². The minimum Gasteiger partial charge on any atom is -0.383 e. The van der Waals surface area contributed by atoms with E-state index in [0.29, 0.717) is 5.56 Å². The lowest BCUT2D eigenvalue weighted by atomic mass is 9.97. The van der Waals surface area contributed by atoms with Gasteiger partial charge in [-0.25, -0.2) is 4.98 Å². The average Bonchev–Trinajstić information content (AvgIpc) is 2.92. The molecular weight excluding hydrogens is 324 g/mol. The van der Waals surface area contributed by atoms with Crippen LogP contribution in [0.15, 0.2) is 36.5 Å². The summed E-state index contributed by atoms with van der Waals surface area (Å²) in [7, 11) is 5.93. The number of pyridine rings is 1. The lowest BCUT2D eigenvalue weighted by Gasteiger charge is -2.13. The third kappa shape index (κ3) is 3.44. The first-order chi connectivity index (χ1) is 12.4. The lowest BCUT2D eigenvalue weighted by molar-refractivity contribution is 0.402. The second-order valence-electron chi connectivity index (χ2n) is 6.67. The number of benzene rings is 1. The molecule has 0 saturated heterocycles. The Morgan fingerprint density at radius 2 is 2.00 bits per heavy atom. The van der Waals surface area contributed by atoms with Crippen molar-refractivity contribution in [1.29, 1.82) is 5.26 Å². The Labute approximate surface area is 153 Å². The average molecular weight is 346 g/mol. The Bertz CT molecular complexity index is 994. The number of nitrogens with two attached hydrogens (primary N) is 1. The number of rotatable bonds is 4. The fourth-order valence-corrected chi connectivity index (χ4v) is 3.10. The maximum absolute atomic E-state index is 9.60. The molecule has 0 atom stereocenters. The van der Waals surface area contributed by atoms with E-state index in [-0.39, 0.29) is 5.82 Å². The van der Waals surface area contributed by atoms with Gasteiger partial charge < -0.3 is 10.6 Å². The van der Waals surface area contributed by atoms with Crippen LogP contribution in [0.25, 0.3) is 22.4 Å². The Balaban J connectivity index is 2.17. The fourth-order valence-electron chi connectivity index (χ4n) is 3.10. The quantitative estimate of drug-likeness (QED) is 0.785. The Hall–Kier alpha value is -3.17. The van der Waals surface area contributed by atoms with Crippen LogP contribution in [0.2, 0.25) is 0 Å². The summed E-state index contributed by atoms with van der Waals surface area (Å²) < 4.78 is 1.75. The summed E-state index contributed by atoms with van der Waals surface area (Å²) in [6.07, 6.45) is 1.91. The molecule has 0 aliphatic heterocycles. The standard InChI is InChI=1S/C20H22N6/c1-13-18(12-26(4)24-13)19-9-16(17(10-21)20(22)23-19)15-7-5-6-14(8-15)11-25(2)3/h5-9,12H,11H2,1-4H3,(H2,22,23). The maximum Gasteiger partial charge on any atom is 0.142 e. The monoisotopic (exact) mass is 346 g/mol. The van der Waals surface area contributed by atoms with Crippen LogP contribution in [0.5, 0.6) is 0 Å². The van der Waals surface area contributed by atoms with Crippen molar-refractivity contribution in [2.45, 2.75) is 13.5 Å². The SMILES string of the molecule is Cc1nn(C)cc1-c1cc(-c2cccc(CN(C)C)c2)c(C#N)c(N)n1. The van der Waals surface area contributed by atoms with Crippen molar-refractivity contribution in [2.24, 2.45) is 7.05 Å². The predicted molar refractivity (Wildman–Crippen MR) is 103 cm³/mol. The van der Waals surface area contributed by atoms with E-state index in [4.69, 9.17) is 5.73 Å². The van der Waals surface area contributed by atoms with E-state index >= 15 is 0 Å². The topological polar surface area (TPSA) is 83.8 Å². The van der Waals surface area contributed by atoms with E-state index < -0.39 is 0 Å². The molecule has 0 unspecified atom stereocenters. The molecule has 3 aromatic rings. The van der Waals surface area contributed by atoms with Crippen LogP contribution in [0.1, 0.15) is 16.8 Å². The molecule has 132 valence electrons. The number of aryl methyl sites for hydroxylation is 2. The molecule has 1 aromatic carbocycles. The first kappa shape index (κ1) is 17.6. The molecule has 6 nitrogen and oxygen atoms in total. The highest BCUT2D eigenvalue weighted by molar-refractivity contribution is 5.80. The van der Waals surface area contributed by atoms with Crippen LogP contribution in [0.3, 0.4) is 0 Å². The van der Waals surface area contributed by atoms with E-state index in [1.165, 1.54) is 5.56 Å². The summed E-state index contributed by atoms with van der Waals surface area (Å²) in [5, 5.41) is 14.0. The molecule has 3 rings (SSSR count). The predicted octanol–water partition coefficient (Wildman–Crippen LogP) is 2.97. The number of hydrogen-bond acceptors (Lipinski definition) is 5. The summed E-state index contributed by atoms with van der Waals surface area (Å²) in [4.78, 5) is 6.55. The molecule has 0 aliphatic rings. The van der Waals surface area contributed by atoms with Gasteiger partial charge in [-0.2, -0.15) is 10.4 Å². The third-order valence-electron chi connectivity index (χ3n) is 4.19. The van der Waals surface area contributed by atoms with Crippen LogP contribution >= 0.6 is 0 Å². The fraction of sp³-hybridized carbons (Fsp3) is 0.250. The first-order valence-electron chi connectivity index (χ1n) is 8.34. The van der Waals surface area contributed by atoms with Crippen molar-refractivity contribution in [3.63, 3.8) is 0 Å². The highest BCUT2D eigenvalue weighted by atomic mass is 15.2. The molecule has 0 saturated carbocycles. The molecule has 0 bridgehead atoms. The zero-order chi connectivity index (χ0) is 18.8. The minimum atomic E-state index is 0.237. The summed E-state index contributed by atoms with van der Waals surface area (Å²) in [5.41, 5.74) is 11.9. The zero-order valence-corrected chi connectivity index (χ0v) is 15.5. The zero-order valence-electron chi connectivity index (χ0n) is 15.5. The van der Waals surface area contributed by atoms with Crippen molar-refractivity contribution in [2.75, 3.05) is 19.8 Å². The molecule has 2 aromatic heterocycles. The van der Waals surface area contributed by atoms with E-state index in [1.807, 2.05) is 52.5 Å². The van der Waals surface area contributed by atoms with Crippen LogP contribution in [0, 0.1) is 18.3 Å². The van der Waals surface area contributed by atoms with Gasteiger partial charge in [0.05, 0.1) is 11.4 Å². The van der Waals surface area contributed by atoms with Crippen molar-refractivity contribution in [1.82, 2.24) is 19.7 Å². The van der Waals surface area contributed by atoms with E-state index in [2.05, 4.69) is 33.2 Å². The number of nitriles is 1. The van der Waals surface area contributed by atoms with Crippen LogP contribution in [-0.2, 0) is 13.6 Å². The smallest absolute Gasteiger partial charge is 0.142 e. The van der Waals surface area contributed by atoms with Gasteiger partial charge in [0.15, 0.2) is 0 Å². The third-order valence-corrected chi connectivity index (χ3v) is 4.19. The lowest BCUT2D eigenvalue weighted by Crippen LogP contribution is -2.10. The second kappa shape index (κ2) is 6.98. The minimum absolute atomic E-state index is 0.237. The van der Waals surface area contributed by atoms with Gasteiger partial charge in [-0.15, -0.1) is 0 Å². The Morgan fingerprint density at radius 3 is 2.62 bits per heavy atom. The van der Waals surface area contributed by atoms with Crippen molar-refractivity contribution >= 4 is 5.82 Å². The van der Waals surface area contributed by atoms with Gasteiger partial charge in [0.25, 0.3) is 0 Å². The van der Waals surface area contributed by atoms with Crippen molar-refractivity contribution < 1.29 is 0 Å². The van der Waals surface area contributed by atoms with Crippen LogP contribution in [-0.4, -0.2) is 33.8 Å². The molecule has 6 heteroatoms. The number of anilines is 1. The number of hydrogen-bond donors (Lipinski definition) is 1. The van der Waals surface area contributed by atoms with Gasteiger partial charge in [0.1, 0.15) is 17.5 Å². The molecular formula is C20H22N6. The van der Waals surface area contributed by atoms with Gasteiger partial charge in [0, 0.05) is 30.9 Å². The van der Waals surface area contributed by atoms with E-state index in [9.17, 15) is 5.26 Å². The molecule has 2 N–H and O–H groups in total. The summed E-state index contributed by atoms with van der Waals surface area (Å²) in [6.45, 7) is 2.76. The molecule has 0 fully saturated rings. The molecule has 26 heavy (non-hydrogen) atoms. The molecule has 0 amide bonds. The Morgan fingerprint density at radius 1 is 1.23 bits per heavy atom. The number of nitrogen functional groups attached to an aromatic ring is 1. The molecule has 2 heterocycles. The largest absolute Gasteiger partial charge is 0.383 e. The van der Waals surface area contributed by atoms with Crippen molar-refractivity contribution in [3.05, 3.63) is 53.3 Å². The highest BCUT2D eigenvalue weighted by Crippen LogP contribution is 2.32. The summed E-state index contributed by atoms with van der Waals surface area (Å²) in [6, 6.07) is 12.3. The molecule has 0 aliphatic carbocycles. The van der Waals surface area contributed by atoms with E-state index in [1.54, 1.807) is 4.68 Å². The van der Waals surface area contributed by atoms with E-state index in [0.717, 1.165) is 34.6 Å². The van der Waals surface area contributed by atoms with Gasteiger partial charge in [-0.05, 0) is 44.3 Å². The first-order valence-corrected chi connectivity index (χ1v) is 8.34. The van der Waals surface area contributed by atoms with Crippen molar-refractivity contribution in [3.8, 4) is 28.5 Å². The maximum atomic E-state index is 9.60. The van der Waals surface area contributed by atoms with Gasteiger partial charge >= 0.3 is 0 Å². The Kier molecular flexibility index (Phi) is 4.74. The number of nitrogens with zero attached hydrogens (tertiary/aromatic N) is 5. The number of aromatic nitrogens is 3. The normalized spacial score (nSPS) is 10.9. The molecule has 0 spiro atoms. The summed E-state index contributed by atoms with van der Waals surface area (Å²) in [5.74, 6) is 0.237. The van der Waals surface area contributed by atoms with Crippen LogP contribution in [0.4, 0.5) is 5.82 Å². The molecule has 0 radical (unpaired) electrons. The summed E-state index contributed by atoms with van der Waals surface area (Å²) >= 11 is 0. The van der Waals surface area contributed by atoms with Crippen LogP contribution < -0.4 is 5.73 Å². The second-order valence-corrected chi connectivity index (χ2v) is 6.67. The van der Waals surface area contributed by atoms with Gasteiger partial charge in [-0.3, -0.25) is 4.68 Å². The highest BCUT2D eigenvalue weighted by Gasteiger charge is 2.16. The van der Waals surface area contributed by atoms with Gasteiger partial charge in [0.2, 0.25) is 0 Å².